The average Bonchev–Trinajstić information content (AvgIpc) is 3.58. The number of nitrogens with zero attached hydrogens (tertiary/aromatic N) is 5. The Morgan fingerprint density at radius 2 is 1.53 bits per heavy atom. The number of amides is 2. The van der Waals surface area contributed by atoms with Gasteiger partial charge in [-0.2, -0.15) is 5.26 Å². The number of ether oxygens (including phenoxy) is 2. The number of anilines is 1. The topological polar surface area (TPSA) is 91.0 Å². The summed E-state index contributed by atoms with van der Waals surface area (Å²) in [5.41, 5.74) is 6.22. The van der Waals surface area contributed by atoms with Crippen LogP contribution in [-0.4, -0.2) is 65.1 Å². The van der Waals surface area contributed by atoms with Crippen LogP contribution < -0.4 is 9.64 Å². The molecule has 1 fully saturated rings. The average molecular weight is 806 g/mol. The summed E-state index contributed by atoms with van der Waals surface area (Å²) in [6.07, 6.45) is 0.616. The molecule has 5 aromatic carbocycles. The van der Waals surface area contributed by atoms with E-state index in [1.807, 2.05) is 60.7 Å². The molecular weight excluding hydrogens is 761 g/mol. The van der Waals surface area contributed by atoms with Crippen LogP contribution in [0.15, 0.2) is 121 Å². The number of hydrogen-bond acceptors (Lipinski definition) is 6. The summed E-state index contributed by atoms with van der Waals surface area (Å²) in [7, 11) is 1.74. The minimum atomic E-state index is -1.13. The summed E-state index contributed by atoms with van der Waals surface area (Å²) in [5, 5.41) is 9.94. The zero-order valence-electron chi connectivity index (χ0n) is 33.6. The van der Waals surface area contributed by atoms with Crippen LogP contribution in [0, 0.1) is 29.9 Å². The van der Waals surface area contributed by atoms with Gasteiger partial charge in [0.05, 0.1) is 42.5 Å². The smallest absolute Gasteiger partial charge is 0.260 e. The molecule has 2 amide bonds. The minimum Gasteiger partial charge on any atom is -0.489 e. The number of rotatable bonds is 11. The molecule has 0 saturated carbocycles. The lowest BCUT2D eigenvalue weighted by molar-refractivity contribution is 0.0193. The van der Waals surface area contributed by atoms with Crippen molar-refractivity contribution in [2.75, 3.05) is 37.7 Å². The van der Waals surface area contributed by atoms with Crippen LogP contribution in [0.4, 0.5) is 14.5 Å². The number of carbonyl (C=O) groups is 2. The third kappa shape index (κ3) is 8.43. The zero-order valence-corrected chi connectivity index (χ0v) is 33.6. The first-order valence-corrected chi connectivity index (χ1v) is 20.1. The van der Waals surface area contributed by atoms with Crippen LogP contribution in [-0.2, 0) is 37.9 Å². The third-order valence-corrected chi connectivity index (χ3v) is 11.6. The number of fused-ring (bicyclic) bond motifs is 1. The maximum absolute atomic E-state index is 15.3. The van der Waals surface area contributed by atoms with Crippen LogP contribution in [0.5, 0.6) is 5.75 Å². The maximum Gasteiger partial charge on any atom is 0.260 e. The number of aromatic nitrogens is 1. The van der Waals surface area contributed by atoms with Gasteiger partial charge < -0.3 is 23.8 Å². The Morgan fingerprint density at radius 3 is 2.28 bits per heavy atom. The Kier molecular flexibility index (Phi) is 11.9. The van der Waals surface area contributed by atoms with Gasteiger partial charge in [-0.05, 0) is 84.1 Å². The van der Waals surface area contributed by atoms with Gasteiger partial charge in [0.1, 0.15) is 12.4 Å². The zero-order chi connectivity index (χ0) is 41.8. The van der Waals surface area contributed by atoms with Crippen molar-refractivity contribution in [2.24, 2.45) is 7.05 Å². The van der Waals surface area contributed by atoms with E-state index in [1.54, 1.807) is 70.8 Å². The van der Waals surface area contributed by atoms with Gasteiger partial charge in [-0.15, -0.1) is 0 Å². The van der Waals surface area contributed by atoms with Gasteiger partial charge >= 0.3 is 0 Å². The Hall–Kier alpha value is -6.61. The number of nitriles is 1. The Labute approximate surface area is 348 Å². The predicted molar refractivity (Wildman–Crippen MR) is 225 cm³/mol. The van der Waals surface area contributed by atoms with Gasteiger partial charge in [0.25, 0.3) is 11.8 Å². The Bertz CT molecular complexity index is 2560. The molecule has 6 aromatic rings. The SMILES string of the molecule is Cc1c(C(=O)N(Cc2ccccc2C#N)c2ccc(OCc3ccccc3)cc2)cc(-c2cc(F)c(F)cc2C(=O)N2Cc3ccccc3C[C@H]2CN2CCOCC2)n1C. The van der Waals surface area contributed by atoms with Crippen molar-refractivity contribution in [3.63, 3.8) is 0 Å². The molecule has 0 unspecified atom stereocenters. The summed E-state index contributed by atoms with van der Waals surface area (Å²) < 4.78 is 44.0. The summed E-state index contributed by atoms with van der Waals surface area (Å²) >= 11 is 0. The standard InChI is InChI=1S/C49H45F2N5O4/c1-33-42(48(57)55(30-38-15-9-7-13-36(38)28-52)39-16-18-41(19-17-39)60-32-34-10-4-3-5-11-34)27-47(53(33)2)43-25-45(50)46(51)26-44(43)49(58)56-29-37-14-8-6-12-35(37)24-40(56)31-54-20-22-59-23-21-54/h3-19,25-27,40H,20-24,29-32H2,1-2H3/t40-/m0/s1. The fourth-order valence-corrected chi connectivity index (χ4v) is 8.16. The molecular formula is C49H45F2N5O4. The molecule has 9 nitrogen and oxygen atoms in total. The molecule has 3 heterocycles. The molecule has 0 N–H and O–H groups in total. The van der Waals surface area contributed by atoms with E-state index in [1.165, 1.54) is 0 Å². The quantitative estimate of drug-likeness (QED) is 0.131. The van der Waals surface area contributed by atoms with Crippen LogP contribution in [0.1, 0.15) is 54.2 Å². The Morgan fingerprint density at radius 1 is 0.850 bits per heavy atom. The second kappa shape index (κ2) is 17.7. The van der Waals surface area contributed by atoms with E-state index in [4.69, 9.17) is 9.47 Å². The van der Waals surface area contributed by atoms with Gasteiger partial charge in [-0.25, -0.2) is 8.78 Å². The normalized spacial score (nSPS) is 15.2. The highest BCUT2D eigenvalue weighted by Crippen LogP contribution is 2.35. The van der Waals surface area contributed by atoms with Crippen LogP contribution in [0.3, 0.4) is 0 Å². The number of hydrogen-bond donors (Lipinski definition) is 0. The highest BCUT2D eigenvalue weighted by Gasteiger charge is 2.35. The van der Waals surface area contributed by atoms with Crippen LogP contribution in [0.25, 0.3) is 11.3 Å². The van der Waals surface area contributed by atoms with E-state index in [2.05, 4.69) is 17.0 Å². The van der Waals surface area contributed by atoms with Crippen molar-refractivity contribution >= 4 is 17.5 Å². The van der Waals surface area contributed by atoms with E-state index < -0.39 is 17.5 Å². The fourth-order valence-electron chi connectivity index (χ4n) is 8.16. The molecule has 2 aliphatic heterocycles. The molecule has 0 spiro atoms. The lowest BCUT2D eigenvalue weighted by atomic mass is 9.92. The minimum absolute atomic E-state index is 0.00533. The van der Waals surface area contributed by atoms with Crippen molar-refractivity contribution in [3.8, 4) is 23.1 Å². The molecule has 60 heavy (non-hydrogen) atoms. The van der Waals surface area contributed by atoms with E-state index in [9.17, 15) is 14.9 Å². The lowest BCUT2D eigenvalue weighted by Gasteiger charge is -2.40. The molecule has 11 heteroatoms. The third-order valence-electron chi connectivity index (χ3n) is 11.6. The molecule has 0 aliphatic carbocycles. The van der Waals surface area contributed by atoms with Gasteiger partial charge in [-0.3, -0.25) is 14.5 Å². The molecule has 1 aromatic heterocycles. The van der Waals surface area contributed by atoms with Gasteiger partial charge in [0.15, 0.2) is 11.6 Å². The van der Waals surface area contributed by atoms with Crippen molar-refractivity contribution in [3.05, 3.63) is 178 Å². The number of benzene rings is 5. The van der Waals surface area contributed by atoms with E-state index >= 15 is 8.78 Å². The number of halogens is 2. The maximum atomic E-state index is 15.3. The van der Waals surface area contributed by atoms with Crippen molar-refractivity contribution < 1.29 is 27.8 Å². The Balaban J connectivity index is 1.15. The fraction of sp³-hybridized carbons (Fsp3) is 0.245. The van der Waals surface area contributed by atoms with E-state index in [-0.39, 0.29) is 29.6 Å². The monoisotopic (exact) mass is 805 g/mol. The first kappa shape index (κ1) is 40.2. The highest BCUT2D eigenvalue weighted by atomic mass is 19.2. The van der Waals surface area contributed by atoms with Crippen molar-refractivity contribution in [1.82, 2.24) is 14.4 Å². The van der Waals surface area contributed by atoms with Crippen molar-refractivity contribution in [1.29, 1.82) is 5.26 Å². The van der Waals surface area contributed by atoms with Gasteiger partial charge in [0, 0.05) is 61.9 Å². The highest BCUT2D eigenvalue weighted by molar-refractivity contribution is 6.08. The summed E-state index contributed by atoms with van der Waals surface area (Å²) in [6.45, 7) is 5.83. The van der Waals surface area contributed by atoms with E-state index in [0.29, 0.717) is 78.8 Å². The molecule has 1 atom stereocenters. The first-order chi connectivity index (χ1) is 29.2. The second-order valence-corrected chi connectivity index (χ2v) is 15.3. The molecule has 0 bridgehead atoms. The molecule has 1 saturated heterocycles. The van der Waals surface area contributed by atoms with Gasteiger partial charge in [-0.1, -0.05) is 72.8 Å². The summed E-state index contributed by atoms with van der Waals surface area (Å²) in [6, 6.07) is 37.8. The predicted octanol–water partition coefficient (Wildman–Crippen LogP) is 8.48. The second-order valence-electron chi connectivity index (χ2n) is 15.3. The largest absolute Gasteiger partial charge is 0.489 e. The number of carbonyl (C=O) groups excluding carboxylic acids is 2. The molecule has 304 valence electrons. The van der Waals surface area contributed by atoms with E-state index in [0.717, 1.165) is 41.9 Å². The molecule has 0 radical (unpaired) electrons. The van der Waals surface area contributed by atoms with Crippen molar-refractivity contribution in [2.45, 2.75) is 39.1 Å². The summed E-state index contributed by atoms with van der Waals surface area (Å²) in [4.78, 5) is 35.4. The molecule has 8 rings (SSSR count). The summed E-state index contributed by atoms with van der Waals surface area (Å²) in [5.74, 6) is -2.43. The first-order valence-electron chi connectivity index (χ1n) is 20.1. The van der Waals surface area contributed by atoms with Crippen LogP contribution >= 0.6 is 0 Å². The van der Waals surface area contributed by atoms with Crippen LogP contribution in [0.2, 0.25) is 0 Å². The van der Waals surface area contributed by atoms with Gasteiger partial charge in [0.2, 0.25) is 0 Å². The number of morpholine rings is 1. The molecule has 2 aliphatic rings. The lowest BCUT2D eigenvalue weighted by Crippen LogP contribution is -2.52.